The van der Waals surface area contributed by atoms with Crippen molar-refractivity contribution in [1.29, 1.82) is 0 Å². The van der Waals surface area contributed by atoms with Crippen LogP contribution in [0.4, 0.5) is 22.7 Å². The van der Waals surface area contributed by atoms with E-state index in [2.05, 4.69) is 158 Å². The Bertz CT molecular complexity index is 3190. The number of nitrogens with zero attached hydrogens (tertiary/aromatic N) is 3. The Morgan fingerprint density at radius 3 is 2.14 bits per heavy atom. The lowest BCUT2D eigenvalue weighted by Crippen LogP contribution is -2.11. The molecule has 4 nitrogen and oxygen atoms in total. The van der Waals surface area contributed by atoms with Crippen LogP contribution in [0.25, 0.3) is 64.6 Å². The molecule has 0 atom stereocenters. The first-order chi connectivity index (χ1) is 28.0. The van der Waals surface area contributed by atoms with Gasteiger partial charge in [-0.1, -0.05) is 84.9 Å². The van der Waals surface area contributed by atoms with Gasteiger partial charge in [-0.25, -0.2) is 4.98 Å². The predicted octanol–water partition coefficient (Wildman–Crippen LogP) is 14.8. The number of hydrogen-bond donors (Lipinski definition) is 0. The number of oxazole rings is 1. The van der Waals surface area contributed by atoms with Gasteiger partial charge in [-0.3, -0.25) is 4.99 Å². The smallest absolute Gasteiger partial charge is 0.227 e. The highest BCUT2D eigenvalue weighted by atomic mass is 32.1. The fourth-order valence-electron chi connectivity index (χ4n) is 8.50. The first-order valence-electron chi connectivity index (χ1n) is 19.5. The maximum Gasteiger partial charge on any atom is 0.227 e. The third kappa shape index (κ3) is 5.90. The number of benzene rings is 8. The van der Waals surface area contributed by atoms with E-state index in [4.69, 9.17) is 14.4 Å². The monoisotopic (exact) mass is 751 g/mol. The predicted molar refractivity (Wildman–Crippen MR) is 240 cm³/mol. The highest BCUT2D eigenvalue weighted by Gasteiger charge is 2.19. The summed E-state index contributed by atoms with van der Waals surface area (Å²) in [7, 11) is 0. The molecule has 10 aromatic rings. The zero-order valence-corrected chi connectivity index (χ0v) is 32.5. The van der Waals surface area contributed by atoms with Crippen molar-refractivity contribution in [2.24, 2.45) is 4.99 Å². The average molecular weight is 752 g/mol. The number of aromatic nitrogens is 1. The number of fused-ring (bicyclic) bond motifs is 6. The van der Waals surface area contributed by atoms with E-state index in [1.807, 2.05) is 35.6 Å². The van der Waals surface area contributed by atoms with Crippen LogP contribution in [0.5, 0.6) is 0 Å². The lowest BCUT2D eigenvalue weighted by molar-refractivity contribution is 0.620. The molecule has 272 valence electrons. The summed E-state index contributed by atoms with van der Waals surface area (Å²) in [6.07, 6.45) is 1.96. The first-order valence-corrected chi connectivity index (χ1v) is 20.3. The van der Waals surface area contributed by atoms with Crippen LogP contribution >= 0.6 is 11.3 Å². The summed E-state index contributed by atoms with van der Waals surface area (Å²) < 4.78 is 8.61. The SMILES string of the molecule is Cc1cc(N(c2ccc(C3=Nc4ccccc4CC3)cc2)c2ccc3ccccc3c2)ccc1-c1cc2sc3cc(-c4nc5ccccc5o4)ccc3c2cc1C. The van der Waals surface area contributed by atoms with Crippen molar-refractivity contribution in [3.8, 4) is 22.6 Å². The Morgan fingerprint density at radius 2 is 1.26 bits per heavy atom. The third-order valence-corrected chi connectivity index (χ3v) is 12.6. The highest BCUT2D eigenvalue weighted by Crippen LogP contribution is 2.43. The van der Waals surface area contributed by atoms with Gasteiger partial charge >= 0.3 is 0 Å². The number of rotatable bonds is 6. The van der Waals surface area contributed by atoms with Gasteiger partial charge in [0.25, 0.3) is 0 Å². The lowest BCUT2D eigenvalue weighted by atomic mass is 9.94. The summed E-state index contributed by atoms with van der Waals surface area (Å²) in [5.41, 5.74) is 15.7. The van der Waals surface area contributed by atoms with Gasteiger partial charge in [0.2, 0.25) is 5.89 Å². The van der Waals surface area contributed by atoms with Gasteiger partial charge in [0.1, 0.15) is 5.52 Å². The molecule has 0 aliphatic carbocycles. The second-order valence-corrected chi connectivity index (χ2v) is 16.1. The van der Waals surface area contributed by atoms with Gasteiger partial charge < -0.3 is 9.32 Å². The molecular formula is C52H37N3OS. The van der Waals surface area contributed by atoms with E-state index in [-0.39, 0.29) is 0 Å². The molecule has 0 unspecified atom stereocenters. The Kier molecular flexibility index (Phi) is 7.90. The van der Waals surface area contributed by atoms with E-state index in [0.29, 0.717) is 5.89 Å². The molecule has 5 heteroatoms. The maximum absolute atomic E-state index is 6.11. The molecule has 11 rings (SSSR count). The van der Waals surface area contributed by atoms with Crippen LogP contribution in [0.1, 0.15) is 28.7 Å². The minimum absolute atomic E-state index is 0.654. The molecule has 0 N–H and O–H groups in total. The van der Waals surface area contributed by atoms with Gasteiger partial charge in [-0.15, -0.1) is 11.3 Å². The van der Waals surface area contributed by atoms with E-state index in [1.54, 1.807) is 0 Å². The number of para-hydroxylation sites is 3. The quantitative estimate of drug-likeness (QED) is 0.170. The van der Waals surface area contributed by atoms with Crippen LogP contribution in [0.3, 0.4) is 0 Å². The summed E-state index contributed by atoms with van der Waals surface area (Å²) in [5, 5.41) is 4.99. The molecule has 0 saturated carbocycles. The van der Waals surface area contributed by atoms with Crippen LogP contribution in [0.2, 0.25) is 0 Å². The van der Waals surface area contributed by atoms with E-state index in [9.17, 15) is 0 Å². The Labute approximate surface area is 335 Å². The topological polar surface area (TPSA) is 41.6 Å². The Hall–Kier alpha value is -6.82. The van der Waals surface area contributed by atoms with Crippen LogP contribution in [0, 0.1) is 13.8 Å². The van der Waals surface area contributed by atoms with Crippen LogP contribution in [-0.4, -0.2) is 10.7 Å². The van der Waals surface area contributed by atoms with E-state index >= 15 is 0 Å². The van der Waals surface area contributed by atoms with Crippen molar-refractivity contribution in [2.75, 3.05) is 4.90 Å². The van der Waals surface area contributed by atoms with Crippen LogP contribution < -0.4 is 4.90 Å². The van der Waals surface area contributed by atoms with E-state index < -0.39 is 0 Å². The van der Waals surface area contributed by atoms with Crippen molar-refractivity contribution < 1.29 is 4.42 Å². The number of thiophene rings is 1. The summed E-state index contributed by atoms with van der Waals surface area (Å²) in [4.78, 5) is 12.2. The zero-order chi connectivity index (χ0) is 38.0. The molecule has 0 saturated heterocycles. The van der Waals surface area contributed by atoms with E-state index in [1.165, 1.54) is 64.3 Å². The molecule has 1 aliphatic heterocycles. The van der Waals surface area contributed by atoms with E-state index in [0.717, 1.165) is 58.0 Å². The van der Waals surface area contributed by atoms with Gasteiger partial charge in [0.05, 0.1) is 5.69 Å². The fraction of sp³-hybridized carbons (Fsp3) is 0.0769. The van der Waals surface area contributed by atoms with Crippen molar-refractivity contribution in [1.82, 2.24) is 4.98 Å². The lowest BCUT2D eigenvalue weighted by Gasteiger charge is -2.27. The Balaban J connectivity index is 0.964. The molecule has 8 aromatic carbocycles. The van der Waals surface area contributed by atoms with Gasteiger partial charge in [0, 0.05) is 48.5 Å². The molecule has 2 aromatic heterocycles. The first kappa shape index (κ1) is 33.5. The standard InChI is InChI=1S/C52H37N3OS/c1-32-27-40(23-25-42(32)44-31-51-45(28-33(44)2)43-24-18-38(30-50(43)57-51)52-54-48-13-7-8-14-49(48)56-52)55(41-22-15-34-9-3-4-11-37(34)29-41)39-20-16-36(17-21-39)47-26-19-35-10-5-6-12-46(35)53-47/h3-18,20-25,27-31H,19,26H2,1-2H3. The van der Waals surface area contributed by atoms with Crippen molar-refractivity contribution >= 4 is 81.8 Å². The zero-order valence-electron chi connectivity index (χ0n) is 31.7. The van der Waals surface area contributed by atoms with Crippen molar-refractivity contribution in [2.45, 2.75) is 26.7 Å². The molecule has 0 fully saturated rings. The maximum atomic E-state index is 6.11. The third-order valence-electron chi connectivity index (χ3n) is 11.4. The number of anilines is 3. The number of aliphatic imine (C=N–C) groups is 1. The fourth-order valence-corrected chi connectivity index (χ4v) is 9.67. The molecule has 57 heavy (non-hydrogen) atoms. The van der Waals surface area contributed by atoms with Crippen LogP contribution in [-0.2, 0) is 6.42 Å². The summed E-state index contributed by atoms with van der Waals surface area (Å²) in [6, 6.07) is 58.9. The largest absolute Gasteiger partial charge is 0.436 e. The normalized spacial score (nSPS) is 12.7. The second-order valence-electron chi connectivity index (χ2n) is 15.1. The van der Waals surface area contributed by atoms with Crippen LogP contribution in [0.15, 0.2) is 173 Å². The molecule has 0 spiro atoms. The number of aryl methyl sites for hydroxylation is 3. The average Bonchev–Trinajstić information content (AvgIpc) is 3.85. The van der Waals surface area contributed by atoms with Gasteiger partial charge in [-0.05, 0) is 150 Å². The second kappa shape index (κ2) is 13.4. The Morgan fingerprint density at radius 1 is 0.544 bits per heavy atom. The number of hydrogen-bond acceptors (Lipinski definition) is 5. The summed E-state index contributed by atoms with van der Waals surface area (Å²) in [5.74, 6) is 0.654. The molecule has 0 amide bonds. The molecule has 0 radical (unpaired) electrons. The minimum atomic E-state index is 0.654. The molecule has 0 bridgehead atoms. The highest BCUT2D eigenvalue weighted by molar-refractivity contribution is 7.25. The molecule has 1 aliphatic rings. The summed E-state index contributed by atoms with van der Waals surface area (Å²) in [6.45, 7) is 4.47. The van der Waals surface area contributed by atoms with Crippen molar-refractivity contribution in [3.05, 3.63) is 186 Å². The molecule has 3 heterocycles. The van der Waals surface area contributed by atoms with Crippen molar-refractivity contribution in [3.63, 3.8) is 0 Å². The van der Waals surface area contributed by atoms with Gasteiger partial charge in [0.15, 0.2) is 5.58 Å². The summed E-state index contributed by atoms with van der Waals surface area (Å²) >= 11 is 1.83. The van der Waals surface area contributed by atoms with Gasteiger partial charge in [-0.2, -0.15) is 0 Å². The minimum Gasteiger partial charge on any atom is -0.436 e. The molecular weight excluding hydrogens is 715 g/mol.